The second-order valence-corrected chi connectivity index (χ2v) is 5.38. The summed E-state index contributed by atoms with van der Waals surface area (Å²) in [5.41, 5.74) is 10.8. The Bertz CT molecular complexity index is 567. The number of nitrogens with zero attached hydrogens (tertiary/aromatic N) is 2. The molecule has 3 nitrogen and oxygen atoms in total. The molecule has 3 rings (SSSR count). The van der Waals surface area contributed by atoms with Gasteiger partial charge in [-0.25, -0.2) is 0 Å². The molecule has 2 N–H and O–H groups in total. The molecule has 0 aliphatic heterocycles. The van der Waals surface area contributed by atoms with Crippen molar-refractivity contribution in [2.45, 2.75) is 19.3 Å². The maximum absolute atomic E-state index is 5.82. The number of benzene rings is 1. The summed E-state index contributed by atoms with van der Waals surface area (Å²) in [6.45, 7) is 0. The number of nitrogens with two attached hydrogens (primary N) is 1. The molecule has 1 aromatic heterocycles. The molecule has 1 aromatic carbocycles. The van der Waals surface area contributed by atoms with Crippen LogP contribution in [-0.4, -0.2) is 9.78 Å². The molecule has 0 unspecified atom stereocenters. The van der Waals surface area contributed by atoms with E-state index >= 15 is 0 Å². The number of hydrogen-bond donors (Lipinski definition) is 1. The Balaban J connectivity index is 2.13. The maximum atomic E-state index is 5.82. The van der Waals surface area contributed by atoms with Gasteiger partial charge in [0.2, 0.25) is 0 Å². The lowest BCUT2D eigenvalue weighted by molar-refractivity contribution is 0.782. The summed E-state index contributed by atoms with van der Waals surface area (Å²) in [4.78, 5) is 0. The van der Waals surface area contributed by atoms with Gasteiger partial charge in [-0.2, -0.15) is 5.10 Å². The molecule has 0 radical (unpaired) electrons. The third kappa shape index (κ3) is 1.76. The van der Waals surface area contributed by atoms with E-state index in [1.165, 1.54) is 34.9 Å². The van der Waals surface area contributed by atoms with Crippen molar-refractivity contribution in [3.63, 3.8) is 0 Å². The highest BCUT2D eigenvalue weighted by Gasteiger charge is 2.16. The lowest BCUT2D eigenvalue weighted by atomic mass is 10.0. The fraction of sp³-hybridized carbons (Fsp3) is 0.308. The van der Waals surface area contributed by atoms with E-state index in [9.17, 15) is 0 Å². The SMILES string of the molecule is Cn1nc(-c2cc(Br)c3c(c2)CCC3)cc1N. The van der Waals surface area contributed by atoms with Gasteiger partial charge < -0.3 is 5.73 Å². The van der Waals surface area contributed by atoms with Gasteiger partial charge in [0.25, 0.3) is 0 Å². The minimum absolute atomic E-state index is 0.691. The smallest absolute Gasteiger partial charge is 0.121 e. The van der Waals surface area contributed by atoms with Crippen LogP contribution in [0.25, 0.3) is 11.3 Å². The highest BCUT2D eigenvalue weighted by Crippen LogP contribution is 2.34. The topological polar surface area (TPSA) is 43.8 Å². The van der Waals surface area contributed by atoms with Gasteiger partial charge in [0, 0.05) is 23.2 Å². The van der Waals surface area contributed by atoms with Gasteiger partial charge >= 0.3 is 0 Å². The molecule has 0 amide bonds. The van der Waals surface area contributed by atoms with E-state index in [0.717, 1.165) is 11.3 Å². The number of halogens is 1. The minimum atomic E-state index is 0.691. The van der Waals surface area contributed by atoms with Crippen molar-refractivity contribution in [3.05, 3.63) is 33.8 Å². The largest absolute Gasteiger partial charge is 0.384 e. The van der Waals surface area contributed by atoms with Gasteiger partial charge in [-0.15, -0.1) is 0 Å². The summed E-state index contributed by atoms with van der Waals surface area (Å²) in [5.74, 6) is 0.691. The Labute approximate surface area is 109 Å². The molecule has 0 atom stereocenters. The van der Waals surface area contributed by atoms with Gasteiger partial charge in [0.05, 0.1) is 5.69 Å². The first-order valence-corrected chi connectivity index (χ1v) is 6.55. The quantitative estimate of drug-likeness (QED) is 0.878. The van der Waals surface area contributed by atoms with Crippen molar-refractivity contribution in [2.75, 3.05) is 5.73 Å². The van der Waals surface area contributed by atoms with Crippen LogP contribution in [0.1, 0.15) is 17.5 Å². The summed E-state index contributed by atoms with van der Waals surface area (Å²) in [6.07, 6.45) is 3.60. The standard InChI is InChI=1S/C13H14BrN3/c1-17-13(15)7-12(16-17)9-5-8-3-2-4-10(8)11(14)6-9/h5-7H,2-4,15H2,1H3. The Hall–Kier alpha value is -1.29. The van der Waals surface area contributed by atoms with Crippen LogP contribution in [-0.2, 0) is 19.9 Å². The summed E-state index contributed by atoms with van der Waals surface area (Å²) >= 11 is 3.65. The molecular formula is C13H14BrN3. The summed E-state index contributed by atoms with van der Waals surface area (Å²) < 4.78 is 2.91. The van der Waals surface area contributed by atoms with Crippen LogP contribution in [0.5, 0.6) is 0 Å². The van der Waals surface area contributed by atoms with E-state index in [-0.39, 0.29) is 0 Å². The predicted molar refractivity (Wildman–Crippen MR) is 72.8 cm³/mol. The molecule has 1 aliphatic rings. The molecule has 0 fully saturated rings. The van der Waals surface area contributed by atoms with Gasteiger partial charge in [-0.3, -0.25) is 4.68 Å². The first-order chi connectivity index (χ1) is 8.15. The molecule has 0 bridgehead atoms. The van der Waals surface area contributed by atoms with Crippen LogP contribution in [0.4, 0.5) is 5.82 Å². The van der Waals surface area contributed by atoms with E-state index in [2.05, 4.69) is 33.2 Å². The zero-order chi connectivity index (χ0) is 12.0. The van der Waals surface area contributed by atoms with Crippen LogP contribution in [0, 0.1) is 0 Å². The van der Waals surface area contributed by atoms with E-state index in [1.54, 1.807) is 4.68 Å². The molecular weight excluding hydrogens is 278 g/mol. The number of nitrogen functional groups attached to an aromatic ring is 1. The summed E-state index contributed by atoms with van der Waals surface area (Å²) in [5, 5.41) is 4.42. The zero-order valence-corrected chi connectivity index (χ0v) is 11.3. The first-order valence-electron chi connectivity index (χ1n) is 5.76. The summed E-state index contributed by atoms with van der Waals surface area (Å²) in [6, 6.07) is 6.31. The van der Waals surface area contributed by atoms with E-state index in [0.29, 0.717) is 5.82 Å². The molecule has 1 heterocycles. The predicted octanol–water partition coefficient (Wildman–Crippen LogP) is 2.92. The van der Waals surface area contributed by atoms with Crippen LogP contribution in [0.2, 0.25) is 0 Å². The summed E-state index contributed by atoms with van der Waals surface area (Å²) in [7, 11) is 1.86. The third-order valence-corrected chi connectivity index (χ3v) is 4.08. The van der Waals surface area contributed by atoms with Gasteiger partial charge in [-0.05, 0) is 42.5 Å². The highest BCUT2D eigenvalue weighted by molar-refractivity contribution is 9.10. The fourth-order valence-electron chi connectivity index (χ4n) is 2.42. The molecule has 0 saturated heterocycles. The number of aryl methyl sites for hydroxylation is 2. The lowest BCUT2D eigenvalue weighted by Crippen LogP contribution is -1.96. The van der Waals surface area contributed by atoms with Crippen molar-refractivity contribution >= 4 is 21.7 Å². The van der Waals surface area contributed by atoms with Crippen LogP contribution in [0.15, 0.2) is 22.7 Å². The Kier molecular flexibility index (Phi) is 2.47. The number of hydrogen-bond acceptors (Lipinski definition) is 2. The molecule has 0 saturated carbocycles. The fourth-order valence-corrected chi connectivity index (χ4v) is 3.12. The van der Waals surface area contributed by atoms with Crippen LogP contribution in [0.3, 0.4) is 0 Å². The lowest BCUT2D eigenvalue weighted by Gasteiger charge is -2.05. The molecule has 0 spiro atoms. The van der Waals surface area contributed by atoms with Crippen molar-refractivity contribution < 1.29 is 0 Å². The molecule has 4 heteroatoms. The van der Waals surface area contributed by atoms with Gasteiger partial charge in [-0.1, -0.05) is 15.9 Å². The Morgan fingerprint density at radius 2 is 2.12 bits per heavy atom. The van der Waals surface area contributed by atoms with E-state index in [1.807, 2.05) is 13.1 Å². The number of fused-ring (bicyclic) bond motifs is 1. The second-order valence-electron chi connectivity index (χ2n) is 4.53. The van der Waals surface area contributed by atoms with Crippen LogP contribution >= 0.6 is 15.9 Å². The van der Waals surface area contributed by atoms with Crippen LogP contribution < -0.4 is 5.73 Å². The average molecular weight is 292 g/mol. The normalized spacial score (nSPS) is 14.0. The minimum Gasteiger partial charge on any atom is -0.384 e. The Morgan fingerprint density at radius 3 is 2.82 bits per heavy atom. The monoisotopic (exact) mass is 291 g/mol. The number of anilines is 1. The van der Waals surface area contributed by atoms with Crippen molar-refractivity contribution in [1.29, 1.82) is 0 Å². The van der Waals surface area contributed by atoms with Gasteiger partial charge in [0.15, 0.2) is 0 Å². The average Bonchev–Trinajstić information content (AvgIpc) is 2.87. The first kappa shape index (κ1) is 10.8. The molecule has 17 heavy (non-hydrogen) atoms. The third-order valence-electron chi connectivity index (χ3n) is 3.37. The number of rotatable bonds is 1. The van der Waals surface area contributed by atoms with Crippen molar-refractivity contribution in [3.8, 4) is 11.3 Å². The van der Waals surface area contributed by atoms with Crippen molar-refractivity contribution in [2.24, 2.45) is 7.05 Å². The maximum Gasteiger partial charge on any atom is 0.121 e. The Morgan fingerprint density at radius 1 is 1.29 bits per heavy atom. The second kappa shape index (κ2) is 3.88. The molecule has 2 aromatic rings. The molecule has 1 aliphatic carbocycles. The zero-order valence-electron chi connectivity index (χ0n) is 9.70. The van der Waals surface area contributed by atoms with Gasteiger partial charge in [0.1, 0.15) is 5.82 Å². The molecule has 88 valence electrons. The highest BCUT2D eigenvalue weighted by atomic mass is 79.9. The van der Waals surface area contributed by atoms with E-state index < -0.39 is 0 Å². The van der Waals surface area contributed by atoms with E-state index in [4.69, 9.17) is 5.73 Å². The number of aromatic nitrogens is 2. The van der Waals surface area contributed by atoms with Crippen molar-refractivity contribution in [1.82, 2.24) is 9.78 Å².